The minimum Gasteiger partial charge on any atom is -0.326 e. The number of nitrogens with one attached hydrogen (secondary N) is 1. The first-order valence-corrected chi connectivity index (χ1v) is 6.50. The first-order valence-electron chi connectivity index (χ1n) is 6.50. The molecule has 1 unspecified atom stereocenters. The molecule has 2 nitrogen and oxygen atoms in total. The lowest BCUT2D eigenvalue weighted by atomic mass is 10.0. The summed E-state index contributed by atoms with van der Waals surface area (Å²) in [7, 11) is 0. The van der Waals surface area contributed by atoms with Gasteiger partial charge < -0.3 is 5.32 Å². The van der Waals surface area contributed by atoms with Crippen LogP contribution in [0.1, 0.15) is 30.4 Å². The molecule has 0 bridgehead atoms. The van der Waals surface area contributed by atoms with Gasteiger partial charge in [-0.3, -0.25) is 4.79 Å². The van der Waals surface area contributed by atoms with Crippen molar-refractivity contribution in [1.82, 2.24) is 0 Å². The average molecular weight is 283 g/mol. The highest BCUT2D eigenvalue weighted by Gasteiger charge is 2.32. The van der Waals surface area contributed by atoms with Crippen molar-refractivity contribution in [3.8, 4) is 0 Å². The molecular formula is C15H16F3NO. The van der Waals surface area contributed by atoms with E-state index in [1.807, 2.05) is 12.2 Å². The van der Waals surface area contributed by atoms with Crippen LogP contribution in [0.2, 0.25) is 0 Å². The number of hydrogen-bond donors (Lipinski definition) is 1. The maximum absolute atomic E-state index is 12.8. The van der Waals surface area contributed by atoms with Crippen molar-refractivity contribution >= 4 is 11.6 Å². The lowest BCUT2D eigenvalue weighted by Gasteiger charge is -2.13. The first-order chi connectivity index (χ1) is 9.36. The van der Waals surface area contributed by atoms with Crippen LogP contribution in [0.15, 0.2) is 30.4 Å². The Bertz CT molecular complexity index is 534. The van der Waals surface area contributed by atoms with E-state index in [-0.39, 0.29) is 23.1 Å². The van der Waals surface area contributed by atoms with Gasteiger partial charge in [-0.15, -0.1) is 0 Å². The van der Waals surface area contributed by atoms with Crippen molar-refractivity contribution in [3.05, 3.63) is 41.5 Å². The molecular weight excluding hydrogens is 267 g/mol. The van der Waals surface area contributed by atoms with Gasteiger partial charge in [0.05, 0.1) is 5.56 Å². The van der Waals surface area contributed by atoms with Crippen LogP contribution < -0.4 is 5.32 Å². The van der Waals surface area contributed by atoms with Gasteiger partial charge in [0.25, 0.3) is 0 Å². The fraction of sp³-hybridized carbons (Fsp3) is 0.400. The van der Waals surface area contributed by atoms with Crippen LogP contribution in [0, 0.1) is 12.8 Å². The molecule has 0 heterocycles. The van der Waals surface area contributed by atoms with Gasteiger partial charge in [-0.1, -0.05) is 18.2 Å². The van der Waals surface area contributed by atoms with Crippen molar-refractivity contribution in [3.63, 3.8) is 0 Å². The lowest BCUT2D eigenvalue weighted by molar-refractivity contribution is -0.138. The Morgan fingerprint density at radius 3 is 2.75 bits per heavy atom. The Kier molecular flexibility index (Phi) is 4.16. The van der Waals surface area contributed by atoms with E-state index >= 15 is 0 Å². The molecule has 0 aliphatic heterocycles. The molecule has 0 radical (unpaired) electrons. The van der Waals surface area contributed by atoms with Crippen LogP contribution in [0.5, 0.6) is 0 Å². The molecule has 1 aromatic rings. The summed E-state index contributed by atoms with van der Waals surface area (Å²) in [4.78, 5) is 11.8. The predicted molar refractivity (Wildman–Crippen MR) is 71.3 cm³/mol. The topological polar surface area (TPSA) is 29.1 Å². The number of allylic oxidation sites excluding steroid dienone is 2. The van der Waals surface area contributed by atoms with E-state index in [9.17, 15) is 18.0 Å². The Hall–Kier alpha value is -1.78. The number of carbonyl (C=O) groups is 1. The maximum Gasteiger partial charge on any atom is 0.416 e. The number of carbonyl (C=O) groups excluding carboxylic acids is 1. The molecule has 2 rings (SSSR count). The van der Waals surface area contributed by atoms with E-state index in [0.717, 1.165) is 18.9 Å². The van der Waals surface area contributed by atoms with Crippen LogP contribution in [-0.4, -0.2) is 5.91 Å². The normalized spacial score (nSPS) is 18.3. The van der Waals surface area contributed by atoms with Crippen LogP contribution in [-0.2, 0) is 11.0 Å². The highest BCUT2D eigenvalue weighted by molar-refractivity contribution is 5.91. The van der Waals surface area contributed by atoms with E-state index in [1.165, 1.54) is 19.1 Å². The van der Waals surface area contributed by atoms with Crippen LogP contribution >= 0.6 is 0 Å². The van der Waals surface area contributed by atoms with Gasteiger partial charge in [0, 0.05) is 12.1 Å². The molecule has 0 fully saturated rings. The number of aryl methyl sites for hydroxylation is 1. The molecule has 1 aliphatic carbocycles. The smallest absolute Gasteiger partial charge is 0.326 e. The van der Waals surface area contributed by atoms with Gasteiger partial charge in [-0.2, -0.15) is 13.2 Å². The standard InChI is InChI=1S/C15H16F3NO/c1-10-6-7-12(9-13(10)15(16,17)18)19-14(20)8-11-4-2-3-5-11/h2,4,6-7,9,11H,3,5,8H2,1H3,(H,19,20). The Morgan fingerprint density at radius 1 is 1.40 bits per heavy atom. The summed E-state index contributed by atoms with van der Waals surface area (Å²) in [5.74, 6) is -0.0546. The second kappa shape index (κ2) is 5.69. The molecule has 108 valence electrons. The monoisotopic (exact) mass is 283 g/mol. The highest BCUT2D eigenvalue weighted by Crippen LogP contribution is 2.33. The third-order valence-corrected chi connectivity index (χ3v) is 3.39. The van der Waals surface area contributed by atoms with Gasteiger partial charge in [0.2, 0.25) is 5.91 Å². The third-order valence-electron chi connectivity index (χ3n) is 3.39. The summed E-state index contributed by atoms with van der Waals surface area (Å²) < 4.78 is 38.3. The largest absolute Gasteiger partial charge is 0.416 e. The summed E-state index contributed by atoms with van der Waals surface area (Å²) in [6.45, 7) is 1.40. The van der Waals surface area contributed by atoms with Crippen LogP contribution in [0.25, 0.3) is 0 Å². The maximum atomic E-state index is 12.8. The van der Waals surface area contributed by atoms with Crippen molar-refractivity contribution in [2.75, 3.05) is 5.32 Å². The number of alkyl halides is 3. The van der Waals surface area contributed by atoms with Crippen molar-refractivity contribution in [1.29, 1.82) is 0 Å². The zero-order chi connectivity index (χ0) is 14.8. The van der Waals surface area contributed by atoms with Crippen LogP contribution in [0.3, 0.4) is 0 Å². The number of benzene rings is 1. The van der Waals surface area contributed by atoms with Crippen LogP contribution in [0.4, 0.5) is 18.9 Å². The SMILES string of the molecule is Cc1ccc(NC(=O)CC2C=CCC2)cc1C(F)(F)F. The number of amides is 1. The van der Waals surface area contributed by atoms with Crippen molar-refractivity contribution in [2.45, 2.75) is 32.4 Å². The molecule has 1 aromatic carbocycles. The van der Waals surface area contributed by atoms with Crippen molar-refractivity contribution in [2.24, 2.45) is 5.92 Å². The zero-order valence-electron chi connectivity index (χ0n) is 11.1. The summed E-state index contributed by atoms with van der Waals surface area (Å²) in [5.41, 5.74) is -0.375. The number of rotatable bonds is 3. The molecule has 20 heavy (non-hydrogen) atoms. The molecule has 0 saturated heterocycles. The highest BCUT2D eigenvalue weighted by atomic mass is 19.4. The van der Waals surface area contributed by atoms with E-state index in [2.05, 4.69) is 5.32 Å². The van der Waals surface area contributed by atoms with E-state index in [4.69, 9.17) is 0 Å². The number of halogens is 3. The van der Waals surface area contributed by atoms with Gasteiger partial charge in [0.1, 0.15) is 0 Å². The molecule has 5 heteroatoms. The predicted octanol–water partition coefficient (Wildman–Crippen LogP) is 4.31. The van der Waals surface area contributed by atoms with E-state index < -0.39 is 11.7 Å². The quantitative estimate of drug-likeness (QED) is 0.823. The van der Waals surface area contributed by atoms with Gasteiger partial charge >= 0.3 is 6.18 Å². The first kappa shape index (κ1) is 14.6. The minimum atomic E-state index is -4.40. The third kappa shape index (κ3) is 3.62. The van der Waals surface area contributed by atoms with Gasteiger partial charge in [-0.25, -0.2) is 0 Å². The number of hydrogen-bond acceptors (Lipinski definition) is 1. The molecule has 1 aliphatic rings. The summed E-state index contributed by atoms with van der Waals surface area (Å²) in [5, 5.41) is 2.54. The molecule has 0 saturated carbocycles. The second-order valence-corrected chi connectivity index (χ2v) is 5.05. The van der Waals surface area contributed by atoms with E-state index in [1.54, 1.807) is 0 Å². The molecule has 1 amide bonds. The minimum absolute atomic E-state index is 0.147. The second-order valence-electron chi connectivity index (χ2n) is 5.05. The number of anilines is 1. The summed E-state index contributed by atoms with van der Waals surface area (Å²) in [6, 6.07) is 3.85. The summed E-state index contributed by atoms with van der Waals surface area (Å²) in [6.07, 6.45) is 1.79. The zero-order valence-corrected chi connectivity index (χ0v) is 11.1. The fourth-order valence-corrected chi connectivity index (χ4v) is 2.32. The fourth-order valence-electron chi connectivity index (χ4n) is 2.32. The Labute approximate surface area is 115 Å². The van der Waals surface area contributed by atoms with E-state index in [0.29, 0.717) is 6.42 Å². The molecule has 1 atom stereocenters. The summed E-state index contributed by atoms with van der Waals surface area (Å²) >= 11 is 0. The van der Waals surface area contributed by atoms with Crippen molar-refractivity contribution < 1.29 is 18.0 Å². The average Bonchev–Trinajstić information content (AvgIpc) is 2.83. The van der Waals surface area contributed by atoms with Gasteiger partial charge in [-0.05, 0) is 43.4 Å². The molecule has 1 N–H and O–H groups in total. The Balaban J connectivity index is 2.05. The Morgan fingerprint density at radius 2 is 2.15 bits per heavy atom. The molecule has 0 aromatic heterocycles. The van der Waals surface area contributed by atoms with Gasteiger partial charge in [0.15, 0.2) is 0 Å². The molecule has 0 spiro atoms. The lowest BCUT2D eigenvalue weighted by Crippen LogP contribution is -2.16.